The van der Waals surface area contributed by atoms with Crippen LogP contribution in [0, 0.1) is 30.1 Å². The number of imidazole rings is 1. The maximum atomic E-state index is 13.8. The monoisotopic (exact) mass is 622 g/mol. The van der Waals surface area contributed by atoms with E-state index >= 15 is 0 Å². The molecule has 8 rings (SSSR count). The summed E-state index contributed by atoms with van der Waals surface area (Å²) in [4.78, 5) is 34.5. The van der Waals surface area contributed by atoms with Crippen LogP contribution in [0.5, 0.6) is 0 Å². The number of benzene rings is 3. The lowest BCUT2D eigenvalue weighted by Crippen LogP contribution is -2.46. The lowest BCUT2D eigenvalue weighted by Gasteiger charge is -2.57. The molecule has 0 radical (unpaired) electrons. The summed E-state index contributed by atoms with van der Waals surface area (Å²) in [7, 11) is -4.18. The molecule has 4 aliphatic rings. The fraction of sp³-hybridized carbons (Fsp3) is 0.361. The standard InChI is InChI=1S/C36H38N4O4S/c1-23-8-5-6-13-30(23)33-38-31(14-15-36-20-24-16-25(21-36)18-26(17-24)22-36)32(39-33)35(42)37-28-11-7-12-29(19-28)45(43,44)40-34(41)27-9-3-2-4-10-27/h2-13,19,24-26H,14-18,20-22H2,1H3,(H,37,42)(H,38,39)(H,40,41). The average Bonchev–Trinajstić information content (AvgIpc) is 3.44. The van der Waals surface area contributed by atoms with Crippen molar-refractivity contribution in [2.45, 2.75) is 63.2 Å². The van der Waals surface area contributed by atoms with Gasteiger partial charge < -0.3 is 10.3 Å². The van der Waals surface area contributed by atoms with Crippen molar-refractivity contribution in [1.82, 2.24) is 14.7 Å². The highest BCUT2D eigenvalue weighted by Crippen LogP contribution is 2.61. The molecule has 4 fully saturated rings. The normalized spacial score (nSPS) is 23.5. The minimum atomic E-state index is -4.18. The fourth-order valence-corrected chi connectivity index (χ4v) is 9.51. The topological polar surface area (TPSA) is 121 Å². The number of aromatic amines is 1. The minimum Gasteiger partial charge on any atom is -0.341 e. The van der Waals surface area contributed by atoms with Gasteiger partial charge >= 0.3 is 0 Å². The summed E-state index contributed by atoms with van der Waals surface area (Å²) >= 11 is 0. The first-order valence-corrected chi connectivity index (χ1v) is 17.3. The van der Waals surface area contributed by atoms with Gasteiger partial charge in [0.05, 0.1) is 4.90 Å². The molecule has 4 bridgehead atoms. The van der Waals surface area contributed by atoms with Gasteiger partial charge in [-0.25, -0.2) is 18.1 Å². The Hall–Kier alpha value is -4.24. The Bertz CT molecular complexity index is 1830. The number of sulfonamides is 1. The lowest BCUT2D eigenvalue weighted by molar-refractivity contribution is -0.0570. The molecule has 0 aliphatic heterocycles. The van der Waals surface area contributed by atoms with Crippen molar-refractivity contribution in [1.29, 1.82) is 0 Å². The van der Waals surface area contributed by atoms with E-state index in [1.54, 1.807) is 24.3 Å². The van der Waals surface area contributed by atoms with E-state index in [0.29, 0.717) is 22.6 Å². The Morgan fingerprint density at radius 3 is 2.22 bits per heavy atom. The molecule has 232 valence electrons. The number of anilines is 1. The summed E-state index contributed by atoms with van der Waals surface area (Å²) in [5.74, 6) is 2.07. The number of aryl methyl sites for hydroxylation is 2. The van der Waals surface area contributed by atoms with E-state index in [9.17, 15) is 18.0 Å². The summed E-state index contributed by atoms with van der Waals surface area (Å²) in [6.07, 6.45) is 9.80. The van der Waals surface area contributed by atoms with Gasteiger partial charge in [0.15, 0.2) is 0 Å². The van der Waals surface area contributed by atoms with Crippen molar-refractivity contribution in [3.05, 3.63) is 101 Å². The van der Waals surface area contributed by atoms with Gasteiger partial charge in [0.25, 0.3) is 21.8 Å². The molecule has 8 nitrogen and oxygen atoms in total. The van der Waals surface area contributed by atoms with E-state index < -0.39 is 21.8 Å². The average molecular weight is 623 g/mol. The zero-order chi connectivity index (χ0) is 31.2. The van der Waals surface area contributed by atoms with Gasteiger partial charge in [0, 0.05) is 22.5 Å². The maximum Gasteiger partial charge on any atom is 0.276 e. The number of aromatic nitrogens is 2. The number of carbonyl (C=O) groups excluding carboxylic acids is 2. The number of rotatable bonds is 9. The van der Waals surface area contributed by atoms with Crippen LogP contribution in [0.2, 0.25) is 0 Å². The maximum absolute atomic E-state index is 13.8. The van der Waals surface area contributed by atoms with E-state index in [-0.39, 0.29) is 10.5 Å². The second-order valence-electron chi connectivity index (χ2n) is 13.4. The van der Waals surface area contributed by atoms with Crippen LogP contribution in [0.4, 0.5) is 5.69 Å². The molecule has 0 spiro atoms. The molecule has 1 aromatic heterocycles. The summed E-state index contributed by atoms with van der Waals surface area (Å²) in [6, 6.07) is 22.0. The number of hydrogen-bond acceptors (Lipinski definition) is 5. The molecular weight excluding hydrogens is 584 g/mol. The SMILES string of the molecule is Cc1ccccc1-c1nc(C(=O)Nc2cccc(S(=O)(=O)NC(=O)c3ccccc3)c2)c(CCC23CC4CC(CC(C4)C2)C3)[nH]1. The molecular formula is C36H38N4O4S. The zero-order valence-corrected chi connectivity index (χ0v) is 26.2. The van der Waals surface area contributed by atoms with E-state index in [2.05, 4.69) is 15.0 Å². The second kappa shape index (κ2) is 11.6. The first kappa shape index (κ1) is 29.5. The number of hydrogen-bond donors (Lipinski definition) is 3. The summed E-state index contributed by atoms with van der Waals surface area (Å²) in [6.45, 7) is 2.02. The molecule has 3 N–H and O–H groups in total. The van der Waals surface area contributed by atoms with Gasteiger partial charge in [-0.3, -0.25) is 9.59 Å². The van der Waals surface area contributed by atoms with Crippen molar-refractivity contribution in [2.75, 3.05) is 5.32 Å². The van der Waals surface area contributed by atoms with Crippen LogP contribution in [0.15, 0.2) is 83.8 Å². The van der Waals surface area contributed by atoms with Crippen molar-refractivity contribution in [3.63, 3.8) is 0 Å². The summed E-state index contributed by atoms with van der Waals surface area (Å²) in [5, 5.41) is 2.87. The van der Waals surface area contributed by atoms with Crippen molar-refractivity contribution < 1.29 is 18.0 Å². The largest absolute Gasteiger partial charge is 0.341 e. The van der Waals surface area contributed by atoms with Gasteiger partial charge in [-0.2, -0.15) is 0 Å². The Kier molecular flexibility index (Phi) is 7.60. The number of amides is 2. The third kappa shape index (κ3) is 6.06. The van der Waals surface area contributed by atoms with Gasteiger partial charge in [0.2, 0.25) is 0 Å². The van der Waals surface area contributed by atoms with Crippen molar-refractivity contribution in [3.8, 4) is 11.4 Å². The number of nitrogens with zero attached hydrogens (tertiary/aromatic N) is 1. The highest BCUT2D eigenvalue weighted by atomic mass is 32.2. The lowest BCUT2D eigenvalue weighted by atomic mass is 9.48. The zero-order valence-electron chi connectivity index (χ0n) is 25.4. The molecule has 4 aliphatic carbocycles. The third-order valence-electron chi connectivity index (χ3n) is 10.1. The molecule has 4 aromatic rings. The Morgan fingerprint density at radius 1 is 0.867 bits per heavy atom. The van der Waals surface area contributed by atoms with Crippen LogP contribution < -0.4 is 10.0 Å². The van der Waals surface area contributed by atoms with Crippen molar-refractivity contribution >= 4 is 27.5 Å². The first-order chi connectivity index (χ1) is 21.7. The molecule has 4 saturated carbocycles. The minimum absolute atomic E-state index is 0.130. The van der Waals surface area contributed by atoms with Crippen LogP contribution in [0.25, 0.3) is 11.4 Å². The smallest absolute Gasteiger partial charge is 0.276 e. The molecule has 1 heterocycles. The predicted octanol–water partition coefficient (Wildman–Crippen LogP) is 6.91. The molecule has 0 saturated heterocycles. The number of carbonyl (C=O) groups is 2. The van der Waals surface area contributed by atoms with Gasteiger partial charge in [-0.05, 0) is 117 Å². The number of nitrogens with one attached hydrogen (secondary N) is 3. The molecule has 0 unspecified atom stereocenters. The first-order valence-electron chi connectivity index (χ1n) is 15.8. The van der Waals surface area contributed by atoms with Crippen LogP contribution in [-0.2, 0) is 16.4 Å². The molecule has 3 aromatic carbocycles. The van der Waals surface area contributed by atoms with Crippen LogP contribution in [-0.4, -0.2) is 30.2 Å². The molecule has 45 heavy (non-hydrogen) atoms. The molecule has 0 atom stereocenters. The molecule has 2 amide bonds. The number of H-pyrrole nitrogens is 1. The van der Waals surface area contributed by atoms with Gasteiger partial charge in [-0.1, -0.05) is 48.5 Å². The van der Waals surface area contributed by atoms with Crippen molar-refractivity contribution in [2.24, 2.45) is 23.2 Å². The van der Waals surface area contributed by atoms with E-state index in [4.69, 9.17) is 4.98 Å². The Balaban J connectivity index is 1.13. The highest BCUT2D eigenvalue weighted by Gasteiger charge is 2.50. The second-order valence-corrected chi connectivity index (χ2v) is 15.1. The quantitative estimate of drug-likeness (QED) is 0.187. The van der Waals surface area contributed by atoms with E-state index in [1.807, 2.05) is 31.2 Å². The predicted molar refractivity (Wildman–Crippen MR) is 173 cm³/mol. The van der Waals surface area contributed by atoms with Gasteiger partial charge in [0.1, 0.15) is 11.5 Å². The van der Waals surface area contributed by atoms with Crippen LogP contribution >= 0.6 is 0 Å². The molecule has 9 heteroatoms. The van der Waals surface area contributed by atoms with Crippen LogP contribution in [0.3, 0.4) is 0 Å². The Morgan fingerprint density at radius 2 is 1.53 bits per heavy atom. The summed E-state index contributed by atoms with van der Waals surface area (Å²) in [5.41, 5.74) is 4.00. The Labute approximate surface area is 264 Å². The third-order valence-corrected chi connectivity index (χ3v) is 11.5. The summed E-state index contributed by atoms with van der Waals surface area (Å²) < 4.78 is 28.2. The van der Waals surface area contributed by atoms with Gasteiger partial charge in [-0.15, -0.1) is 0 Å². The fourth-order valence-electron chi connectivity index (χ4n) is 8.49. The highest BCUT2D eigenvalue weighted by molar-refractivity contribution is 7.90. The van der Waals surface area contributed by atoms with E-state index in [1.165, 1.54) is 68.9 Å². The van der Waals surface area contributed by atoms with E-state index in [0.717, 1.165) is 47.4 Å². The van der Waals surface area contributed by atoms with Crippen LogP contribution in [0.1, 0.15) is 77.0 Å².